The molecule has 0 aliphatic rings. The van der Waals surface area contributed by atoms with Crippen LogP contribution < -0.4 is 14.8 Å². The second kappa shape index (κ2) is 6.96. The van der Waals surface area contributed by atoms with Gasteiger partial charge in [-0.25, -0.2) is 0 Å². The van der Waals surface area contributed by atoms with Crippen LogP contribution in [0.25, 0.3) is 0 Å². The van der Waals surface area contributed by atoms with Crippen molar-refractivity contribution < 1.29 is 14.3 Å². The Kier molecular flexibility index (Phi) is 5.01. The molecule has 1 amide bonds. The number of carbonyl (C=O) groups excluding carboxylic acids is 1. The van der Waals surface area contributed by atoms with Crippen LogP contribution in [-0.2, 0) is 11.2 Å². The Labute approximate surface area is 122 Å². The lowest BCUT2D eigenvalue weighted by atomic mass is 10.2. The third kappa shape index (κ3) is 3.74. The molecule has 0 aliphatic carbocycles. The van der Waals surface area contributed by atoms with Crippen LogP contribution in [0, 0.1) is 0 Å². The maximum absolute atomic E-state index is 11.9. The minimum atomic E-state index is -0.0281. The highest BCUT2D eigenvalue weighted by molar-refractivity contribution is 7.07. The fourth-order valence-corrected chi connectivity index (χ4v) is 2.51. The number of amides is 1. The summed E-state index contributed by atoms with van der Waals surface area (Å²) in [7, 11) is 3.16. The predicted octanol–water partition coefficient (Wildman–Crippen LogP) is 3.34. The van der Waals surface area contributed by atoms with Gasteiger partial charge in [0.25, 0.3) is 0 Å². The van der Waals surface area contributed by atoms with Gasteiger partial charge in [0.15, 0.2) is 0 Å². The van der Waals surface area contributed by atoms with Crippen LogP contribution in [0.5, 0.6) is 11.5 Å². The number of ether oxygens (including phenoxy) is 2. The van der Waals surface area contributed by atoms with Crippen molar-refractivity contribution in [1.82, 2.24) is 0 Å². The van der Waals surface area contributed by atoms with E-state index in [1.165, 1.54) is 5.56 Å². The van der Waals surface area contributed by atoms with Crippen LogP contribution in [0.3, 0.4) is 0 Å². The van der Waals surface area contributed by atoms with Crippen molar-refractivity contribution >= 4 is 22.9 Å². The van der Waals surface area contributed by atoms with Crippen LogP contribution in [0.4, 0.5) is 5.69 Å². The highest BCUT2D eigenvalue weighted by Gasteiger charge is 2.09. The standard InChI is InChI=1S/C15H17NO3S/c1-18-12-4-5-13(14(9-12)19-2)16-15(17)6-3-11-7-8-20-10-11/h4-5,7-10H,3,6H2,1-2H3,(H,16,17). The third-order valence-electron chi connectivity index (χ3n) is 2.90. The molecule has 0 unspecified atom stereocenters. The Morgan fingerprint density at radius 1 is 1.25 bits per heavy atom. The largest absolute Gasteiger partial charge is 0.497 e. The SMILES string of the molecule is COc1ccc(NC(=O)CCc2ccsc2)c(OC)c1. The molecule has 1 aromatic heterocycles. The molecular formula is C15H17NO3S. The number of carbonyl (C=O) groups is 1. The monoisotopic (exact) mass is 291 g/mol. The fraction of sp³-hybridized carbons (Fsp3) is 0.267. The summed E-state index contributed by atoms with van der Waals surface area (Å²) >= 11 is 1.64. The number of rotatable bonds is 6. The van der Waals surface area contributed by atoms with Crippen molar-refractivity contribution in [2.24, 2.45) is 0 Å². The predicted molar refractivity (Wildman–Crippen MR) is 80.8 cm³/mol. The lowest BCUT2D eigenvalue weighted by Gasteiger charge is -2.11. The van der Waals surface area contributed by atoms with E-state index in [2.05, 4.69) is 10.7 Å². The molecular weight excluding hydrogens is 274 g/mol. The summed E-state index contributed by atoms with van der Waals surface area (Å²) in [5, 5.41) is 6.93. The molecule has 2 aromatic rings. The van der Waals surface area contributed by atoms with Crippen LogP contribution in [0.2, 0.25) is 0 Å². The van der Waals surface area contributed by atoms with E-state index in [9.17, 15) is 4.79 Å². The molecule has 0 spiro atoms. The molecule has 4 nitrogen and oxygen atoms in total. The van der Waals surface area contributed by atoms with Gasteiger partial charge < -0.3 is 14.8 Å². The number of hydrogen-bond donors (Lipinski definition) is 1. The van der Waals surface area contributed by atoms with Gasteiger partial charge in [-0.1, -0.05) is 0 Å². The number of benzene rings is 1. The number of aryl methyl sites for hydroxylation is 1. The minimum absolute atomic E-state index is 0.0281. The average molecular weight is 291 g/mol. The molecule has 1 N–H and O–H groups in total. The number of thiophene rings is 1. The molecule has 0 atom stereocenters. The molecule has 0 fully saturated rings. The Bertz CT molecular complexity index is 567. The lowest BCUT2D eigenvalue weighted by molar-refractivity contribution is -0.116. The van der Waals surface area contributed by atoms with Crippen LogP contribution in [-0.4, -0.2) is 20.1 Å². The van der Waals surface area contributed by atoms with Gasteiger partial charge in [0.1, 0.15) is 11.5 Å². The van der Waals surface area contributed by atoms with Gasteiger partial charge in [0.05, 0.1) is 19.9 Å². The molecule has 5 heteroatoms. The summed E-state index contributed by atoms with van der Waals surface area (Å²) in [6.07, 6.45) is 1.19. The molecule has 0 radical (unpaired) electrons. The van der Waals surface area contributed by atoms with Gasteiger partial charge in [-0.3, -0.25) is 4.79 Å². The van der Waals surface area contributed by atoms with E-state index >= 15 is 0 Å². The van der Waals surface area contributed by atoms with Crippen molar-refractivity contribution in [3.05, 3.63) is 40.6 Å². The van der Waals surface area contributed by atoms with Crippen LogP contribution in [0.1, 0.15) is 12.0 Å². The van der Waals surface area contributed by atoms with E-state index in [1.807, 2.05) is 11.4 Å². The zero-order valence-electron chi connectivity index (χ0n) is 11.5. The zero-order chi connectivity index (χ0) is 14.4. The first-order valence-corrected chi connectivity index (χ1v) is 7.20. The van der Waals surface area contributed by atoms with E-state index in [0.29, 0.717) is 23.6 Å². The van der Waals surface area contributed by atoms with Crippen LogP contribution in [0.15, 0.2) is 35.0 Å². The van der Waals surface area contributed by atoms with Gasteiger partial charge in [-0.15, -0.1) is 0 Å². The number of nitrogens with one attached hydrogen (secondary N) is 1. The van der Waals surface area contributed by atoms with Gasteiger partial charge >= 0.3 is 0 Å². The van der Waals surface area contributed by atoms with E-state index < -0.39 is 0 Å². The second-order valence-electron chi connectivity index (χ2n) is 4.25. The summed E-state index contributed by atoms with van der Waals surface area (Å²) in [5.41, 5.74) is 1.84. The van der Waals surface area contributed by atoms with Crippen molar-refractivity contribution in [3.8, 4) is 11.5 Å². The van der Waals surface area contributed by atoms with E-state index in [-0.39, 0.29) is 5.91 Å². The van der Waals surface area contributed by atoms with Crippen molar-refractivity contribution in [2.75, 3.05) is 19.5 Å². The molecule has 0 saturated heterocycles. The normalized spacial score (nSPS) is 10.1. The fourth-order valence-electron chi connectivity index (χ4n) is 1.81. The Hall–Kier alpha value is -2.01. The first kappa shape index (κ1) is 14.4. The molecule has 2 rings (SSSR count). The average Bonchev–Trinajstić information content (AvgIpc) is 2.99. The number of methoxy groups -OCH3 is 2. The minimum Gasteiger partial charge on any atom is -0.497 e. The van der Waals surface area contributed by atoms with Gasteiger partial charge in [0.2, 0.25) is 5.91 Å². The van der Waals surface area contributed by atoms with Gasteiger partial charge in [-0.2, -0.15) is 11.3 Å². The second-order valence-corrected chi connectivity index (χ2v) is 5.03. The first-order chi connectivity index (χ1) is 9.72. The summed E-state index contributed by atoms with van der Waals surface area (Å²) in [4.78, 5) is 11.9. The Balaban J connectivity index is 1.96. The van der Waals surface area contributed by atoms with Crippen molar-refractivity contribution in [3.63, 3.8) is 0 Å². The smallest absolute Gasteiger partial charge is 0.224 e. The number of hydrogen-bond acceptors (Lipinski definition) is 4. The summed E-state index contributed by atoms with van der Waals surface area (Å²) in [6, 6.07) is 7.34. The molecule has 20 heavy (non-hydrogen) atoms. The van der Waals surface area contributed by atoms with E-state index in [0.717, 1.165) is 6.42 Å². The summed E-state index contributed by atoms with van der Waals surface area (Å²) < 4.78 is 10.4. The topological polar surface area (TPSA) is 47.6 Å². The zero-order valence-corrected chi connectivity index (χ0v) is 12.3. The molecule has 1 heterocycles. The molecule has 0 aliphatic heterocycles. The van der Waals surface area contributed by atoms with E-state index in [4.69, 9.17) is 9.47 Å². The summed E-state index contributed by atoms with van der Waals surface area (Å²) in [6.45, 7) is 0. The molecule has 1 aromatic carbocycles. The molecule has 106 valence electrons. The van der Waals surface area contributed by atoms with Crippen molar-refractivity contribution in [1.29, 1.82) is 0 Å². The lowest BCUT2D eigenvalue weighted by Crippen LogP contribution is -2.13. The highest BCUT2D eigenvalue weighted by atomic mass is 32.1. The maximum Gasteiger partial charge on any atom is 0.224 e. The van der Waals surface area contributed by atoms with Crippen molar-refractivity contribution in [2.45, 2.75) is 12.8 Å². The molecule has 0 saturated carbocycles. The Morgan fingerprint density at radius 3 is 2.75 bits per heavy atom. The Morgan fingerprint density at radius 2 is 2.10 bits per heavy atom. The third-order valence-corrected chi connectivity index (χ3v) is 3.64. The quantitative estimate of drug-likeness (QED) is 0.888. The number of anilines is 1. The van der Waals surface area contributed by atoms with Gasteiger partial charge in [-0.05, 0) is 40.9 Å². The summed E-state index contributed by atoms with van der Waals surface area (Å²) in [5.74, 6) is 1.26. The van der Waals surface area contributed by atoms with Crippen LogP contribution >= 0.6 is 11.3 Å². The molecule has 0 bridgehead atoms. The highest BCUT2D eigenvalue weighted by Crippen LogP contribution is 2.29. The first-order valence-electron chi connectivity index (χ1n) is 6.26. The van der Waals surface area contributed by atoms with Gasteiger partial charge in [0, 0.05) is 12.5 Å². The van der Waals surface area contributed by atoms with E-state index in [1.54, 1.807) is 43.8 Å². The maximum atomic E-state index is 11.9.